The van der Waals surface area contributed by atoms with E-state index in [2.05, 4.69) is 21.2 Å². The van der Waals surface area contributed by atoms with E-state index in [1.165, 1.54) is 6.42 Å². The van der Waals surface area contributed by atoms with E-state index in [9.17, 15) is 14.9 Å². The highest BCUT2D eigenvalue weighted by Gasteiger charge is 2.42. The second-order valence-corrected chi connectivity index (χ2v) is 9.85. The molecule has 1 amide bonds. The number of amides is 1. The molecule has 1 N–H and O–H groups in total. The molecule has 1 aliphatic carbocycles. The molecule has 2 heterocycles. The average Bonchev–Trinajstić information content (AvgIpc) is 2.83. The number of benzene rings is 2. The van der Waals surface area contributed by atoms with Gasteiger partial charge in [0, 0.05) is 54.2 Å². The SMILES string of the molecule is O=C(NC1CCCCC1)[C@H]1Cc2cc([N+](=O)[O-])ccc2N2CCN(c3cccc(Cl)c3)C[C@H]12. The Balaban J connectivity index is 1.45. The van der Waals surface area contributed by atoms with Crippen LogP contribution < -0.4 is 15.1 Å². The Morgan fingerprint density at radius 2 is 1.91 bits per heavy atom. The van der Waals surface area contributed by atoms with Gasteiger partial charge < -0.3 is 15.1 Å². The molecule has 2 aromatic rings. The molecule has 5 rings (SSSR count). The van der Waals surface area contributed by atoms with Crippen molar-refractivity contribution >= 4 is 34.6 Å². The highest BCUT2D eigenvalue weighted by molar-refractivity contribution is 6.30. The second-order valence-electron chi connectivity index (χ2n) is 9.41. The maximum absolute atomic E-state index is 13.5. The van der Waals surface area contributed by atoms with Crippen LogP contribution in [0.1, 0.15) is 37.7 Å². The normalized spacial score (nSPS) is 22.9. The molecule has 33 heavy (non-hydrogen) atoms. The van der Waals surface area contributed by atoms with E-state index >= 15 is 0 Å². The summed E-state index contributed by atoms with van der Waals surface area (Å²) in [7, 11) is 0. The lowest BCUT2D eigenvalue weighted by molar-refractivity contribution is -0.384. The standard InChI is InChI=1S/C25H29ClN4O3/c26-18-5-4-8-20(15-18)28-11-12-29-23-10-9-21(30(32)33)13-17(23)14-22(24(29)16-28)25(31)27-19-6-2-1-3-7-19/h4-5,8-10,13,15,19,22,24H,1-3,6-7,11-12,14,16H2,(H,27,31)/t22-,24+/m0/s1. The van der Waals surface area contributed by atoms with Gasteiger partial charge >= 0.3 is 0 Å². The number of halogens is 1. The zero-order valence-corrected chi connectivity index (χ0v) is 19.3. The van der Waals surface area contributed by atoms with Gasteiger partial charge in [-0.1, -0.05) is 36.9 Å². The average molecular weight is 469 g/mol. The van der Waals surface area contributed by atoms with Gasteiger partial charge in [0.2, 0.25) is 5.91 Å². The van der Waals surface area contributed by atoms with E-state index in [4.69, 9.17) is 11.6 Å². The number of rotatable bonds is 4. The number of nitro groups is 1. The molecular weight excluding hydrogens is 440 g/mol. The predicted octanol–water partition coefficient (Wildman–Crippen LogP) is 4.56. The van der Waals surface area contributed by atoms with Gasteiger partial charge in [-0.05, 0) is 49.1 Å². The summed E-state index contributed by atoms with van der Waals surface area (Å²) in [6.07, 6.45) is 6.12. The zero-order valence-electron chi connectivity index (χ0n) is 18.6. The van der Waals surface area contributed by atoms with Gasteiger partial charge in [-0.25, -0.2) is 0 Å². The fraction of sp³-hybridized carbons (Fsp3) is 0.480. The van der Waals surface area contributed by atoms with E-state index in [0.29, 0.717) is 18.0 Å². The molecule has 2 atom stereocenters. The largest absolute Gasteiger partial charge is 0.368 e. The van der Waals surface area contributed by atoms with Crippen molar-refractivity contribution in [1.29, 1.82) is 0 Å². The minimum Gasteiger partial charge on any atom is -0.368 e. The van der Waals surface area contributed by atoms with E-state index < -0.39 is 0 Å². The Kier molecular flexibility index (Phi) is 6.15. The number of anilines is 2. The first kappa shape index (κ1) is 22.0. The van der Waals surface area contributed by atoms with Crippen LogP contribution in [-0.2, 0) is 11.2 Å². The Hall–Kier alpha value is -2.80. The maximum Gasteiger partial charge on any atom is 0.269 e. The third kappa shape index (κ3) is 4.51. The molecular formula is C25H29ClN4O3. The fourth-order valence-electron chi connectivity index (χ4n) is 5.69. The molecule has 0 radical (unpaired) electrons. The van der Waals surface area contributed by atoms with Crippen LogP contribution in [0.5, 0.6) is 0 Å². The fourth-order valence-corrected chi connectivity index (χ4v) is 5.87. The van der Waals surface area contributed by atoms with Crippen molar-refractivity contribution in [1.82, 2.24) is 5.32 Å². The monoisotopic (exact) mass is 468 g/mol. The molecule has 8 heteroatoms. The van der Waals surface area contributed by atoms with Crippen LogP contribution in [0, 0.1) is 16.0 Å². The summed E-state index contributed by atoms with van der Waals surface area (Å²) < 4.78 is 0. The molecule has 174 valence electrons. The number of hydrogen-bond acceptors (Lipinski definition) is 5. The topological polar surface area (TPSA) is 78.7 Å². The molecule has 3 aliphatic rings. The third-order valence-corrected chi connectivity index (χ3v) is 7.60. The van der Waals surface area contributed by atoms with Crippen molar-refractivity contribution in [3.05, 3.63) is 63.2 Å². The van der Waals surface area contributed by atoms with Gasteiger partial charge in [0.25, 0.3) is 5.69 Å². The Labute approximate surface area is 198 Å². The first-order valence-corrected chi connectivity index (χ1v) is 12.2. The summed E-state index contributed by atoms with van der Waals surface area (Å²) in [5.41, 5.74) is 3.04. The molecule has 1 saturated carbocycles. The van der Waals surface area contributed by atoms with Crippen molar-refractivity contribution < 1.29 is 9.72 Å². The van der Waals surface area contributed by atoms with E-state index in [1.54, 1.807) is 12.1 Å². The zero-order chi connectivity index (χ0) is 22.9. The Morgan fingerprint density at radius 1 is 1.09 bits per heavy atom. The van der Waals surface area contributed by atoms with Crippen molar-refractivity contribution in [2.75, 3.05) is 29.4 Å². The lowest BCUT2D eigenvalue weighted by atomic mass is 9.82. The molecule has 2 aliphatic heterocycles. The number of nitrogens with zero attached hydrogens (tertiary/aromatic N) is 3. The van der Waals surface area contributed by atoms with Crippen LogP contribution in [0.4, 0.5) is 17.1 Å². The van der Waals surface area contributed by atoms with Crippen molar-refractivity contribution in [3.63, 3.8) is 0 Å². The first-order valence-electron chi connectivity index (χ1n) is 11.8. The summed E-state index contributed by atoms with van der Waals surface area (Å²) in [4.78, 5) is 29.1. The summed E-state index contributed by atoms with van der Waals surface area (Å²) >= 11 is 6.24. The molecule has 0 unspecified atom stereocenters. The number of nitro benzene ring substituents is 1. The summed E-state index contributed by atoms with van der Waals surface area (Å²) in [5.74, 6) is -0.189. The van der Waals surface area contributed by atoms with Crippen LogP contribution in [0.15, 0.2) is 42.5 Å². The van der Waals surface area contributed by atoms with Crippen LogP contribution in [0.25, 0.3) is 0 Å². The number of piperazine rings is 1. The first-order chi connectivity index (χ1) is 16.0. The summed E-state index contributed by atoms with van der Waals surface area (Å²) in [6, 6.07) is 13.1. The molecule has 0 bridgehead atoms. The number of non-ortho nitro benzene ring substituents is 1. The molecule has 0 aromatic heterocycles. The van der Waals surface area contributed by atoms with Gasteiger partial charge in [0.1, 0.15) is 0 Å². The van der Waals surface area contributed by atoms with Crippen LogP contribution in [0.3, 0.4) is 0 Å². The number of carbonyl (C=O) groups is 1. The minimum atomic E-state index is -0.361. The number of carbonyl (C=O) groups excluding carboxylic acids is 1. The quantitative estimate of drug-likeness (QED) is 0.525. The van der Waals surface area contributed by atoms with Crippen molar-refractivity contribution in [2.45, 2.75) is 50.6 Å². The van der Waals surface area contributed by atoms with Crippen LogP contribution in [0.2, 0.25) is 5.02 Å². The van der Waals surface area contributed by atoms with Crippen molar-refractivity contribution in [3.8, 4) is 0 Å². The molecule has 7 nitrogen and oxygen atoms in total. The van der Waals surface area contributed by atoms with E-state index in [-0.39, 0.29) is 34.5 Å². The minimum absolute atomic E-state index is 0.00437. The lowest BCUT2D eigenvalue weighted by Gasteiger charge is -2.49. The highest BCUT2D eigenvalue weighted by atomic mass is 35.5. The molecule has 1 saturated heterocycles. The third-order valence-electron chi connectivity index (χ3n) is 7.37. The number of hydrogen-bond donors (Lipinski definition) is 1. The smallest absolute Gasteiger partial charge is 0.269 e. The second kappa shape index (κ2) is 9.21. The maximum atomic E-state index is 13.5. The highest BCUT2D eigenvalue weighted by Crippen LogP contribution is 2.39. The molecule has 0 spiro atoms. The molecule has 2 aromatic carbocycles. The van der Waals surface area contributed by atoms with Crippen molar-refractivity contribution in [2.24, 2.45) is 5.92 Å². The predicted molar refractivity (Wildman–Crippen MR) is 130 cm³/mol. The lowest BCUT2D eigenvalue weighted by Crippen LogP contribution is -2.61. The van der Waals surface area contributed by atoms with Gasteiger partial charge in [0.15, 0.2) is 0 Å². The Morgan fingerprint density at radius 3 is 2.67 bits per heavy atom. The number of nitrogens with one attached hydrogen (secondary N) is 1. The summed E-state index contributed by atoms with van der Waals surface area (Å²) in [5, 5.41) is 15.4. The summed E-state index contributed by atoms with van der Waals surface area (Å²) in [6.45, 7) is 2.25. The molecule has 2 fully saturated rings. The van der Waals surface area contributed by atoms with Crippen LogP contribution >= 0.6 is 11.6 Å². The van der Waals surface area contributed by atoms with E-state index in [1.807, 2.05) is 24.3 Å². The van der Waals surface area contributed by atoms with Gasteiger partial charge in [-0.2, -0.15) is 0 Å². The van der Waals surface area contributed by atoms with E-state index in [0.717, 1.165) is 55.7 Å². The van der Waals surface area contributed by atoms with Gasteiger partial charge in [-0.3, -0.25) is 14.9 Å². The van der Waals surface area contributed by atoms with Gasteiger partial charge in [0.05, 0.1) is 16.9 Å². The number of fused-ring (bicyclic) bond motifs is 3. The van der Waals surface area contributed by atoms with Gasteiger partial charge in [-0.15, -0.1) is 0 Å². The Bertz CT molecular complexity index is 1060. The van der Waals surface area contributed by atoms with Crippen LogP contribution in [-0.4, -0.2) is 42.5 Å².